The maximum atomic E-state index is 12.2. The number of rotatable bonds is 3. The van der Waals surface area contributed by atoms with E-state index in [2.05, 4.69) is 9.88 Å². The monoisotopic (exact) mass is 330 g/mol. The van der Waals surface area contributed by atoms with Gasteiger partial charge in [-0.05, 0) is 33.6 Å². The van der Waals surface area contributed by atoms with Gasteiger partial charge in [-0.3, -0.25) is 19.8 Å². The Morgan fingerprint density at radius 1 is 1.04 bits per heavy atom. The maximum absolute atomic E-state index is 12.2. The van der Waals surface area contributed by atoms with Crippen LogP contribution < -0.4 is 0 Å². The summed E-state index contributed by atoms with van der Waals surface area (Å²) < 4.78 is 5.66. The van der Waals surface area contributed by atoms with Crippen molar-refractivity contribution >= 4 is 6.09 Å². The highest BCUT2D eigenvalue weighted by Gasteiger charge is 2.50. The predicted octanol–water partition coefficient (Wildman–Crippen LogP) is 2.35. The van der Waals surface area contributed by atoms with Gasteiger partial charge in [0.25, 0.3) is 0 Å². The number of fused-ring (bicyclic) bond motifs is 1. The maximum Gasteiger partial charge on any atom is 0.410 e. The summed E-state index contributed by atoms with van der Waals surface area (Å²) in [5.74, 6) is 0. The second-order valence-corrected chi connectivity index (χ2v) is 7.46. The third kappa shape index (κ3) is 2.66. The molecule has 6 heteroatoms. The van der Waals surface area contributed by atoms with Crippen molar-refractivity contribution in [3.05, 3.63) is 22.8 Å². The van der Waals surface area contributed by atoms with Crippen molar-refractivity contribution in [2.75, 3.05) is 13.1 Å². The van der Waals surface area contributed by atoms with Gasteiger partial charge in [0.15, 0.2) is 0 Å². The lowest BCUT2D eigenvalue weighted by Gasteiger charge is -2.27. The van der Waals surface area contributed by atoms with E-state index in [0.717, 1.165) is 55.3 Å². The molecule has 24 heavy (non-hydrogen) atoms. The highest BCUT2D eigenvalue weighted by atomic mass is 16.6. The van der Waals surface area contributed by atoms with Crippen molar-refractivity contribution < 1.29 is 9.53 Å². The quantitative estimate of drug-likeness (QED) is 0.851. The van der Waals surface area contributed by atoms with Gasteiger partial charge in [0, 0.05) is 25.7 Å². The van der Waals surface area contributed by atoms with Crippen molar-refractivity contribution in [3.63, 3.8) is 0 Å². The summed E-state index contributed by atoms with van der Waals surface area (Å²) in [5.41, 5.74) is 4.03. The first-order valence-corrected chi connectivity index (χ1v) is 9.05. The fraction of sp³-hybridized carbons (Fsp3) is 0.722. The molecule has 3 heterocycles. The van der Waals surface area contributed by atoms with Gasteiger partial charge in [0.2, 0.25) is 0 Å². The zero-order chi connectivity index (χ0) is 16.8. The molecule has 1 aromatic heterocycles. The Morgan fingerprint density at radius 3 is 2.50 bits per heavy atom. The Kier molecular flexibility index (Phi) is 3.95. The Balaban J connectivity index is 1.47. The zero-order valence-corrected chi connectivity index (χ0v) is 14.8. The SMILES string of the molecule is Cc1nc(C)c(CN2C[C@@H]3OC(=O)N(C4CCCC4)[C@@H]3C2)nc1C. The van der Waals surface area contributed by atoms with Crippen LogP contribution in [0.3, 0.4) is 0 Å². The van der Waals surface area contributed by atoms with E-state index in [4.69, 9.17) is 9.72 Å². The molecule has 0 aromatic carbocycles. The molecule has 1 amide bonds. The first kappa shape index (κ1) is 15.8. The van der Waals surface area contributed by atoms with E-state index in [-0.39, 0.29) is 18.2 Å². The summed E-state index contributed by atoms with van der Waals surface area (Å²) in [7, 11) is 0. The highest BCUT2D eigenvalue weighted by Crippen LogP contribution is 2.34. The third-order valence-electron chi connectivity index (χ3n) is 5.80. The van der Waals surface area contributed by atoms with Crippen LogP contribution >= 0.6 is 0 Å². The van der Waals surface area contributed by atoms with Gasteiger partial charge in [-0.15, -0.1) is 0 Å². The van der Waals surface area contributed by atoms with Crippen molar-refractivity contribution in [1.82, 2.24) is 19.8 Å². The fourth-order valence-corrected chi connectivity index (χ4v) is 4.40. The molecule has 130 valence electrons. The van der Waals surface area contributed by atoms with Crippen molar-refractivity contribution in [2.24, 2.45) is 0 Å². The van der Waals surface area contributed by atoms with Gasteiger partial charge in [0.05, 0.1) is 28.8 Å². The zero-order valence-electron chi connectivity index (χ0n) is 14.8. The van der Waals surface area contributed by atoms with Crippen LogP contribution in [0.25, 0.3) is 0 Å². The lowest BCUT2D eigenvalue weighted by atomic mass is 10.1. The first-order chi connectivity index (χ1) is 11.5. The number of amides is 1. The molecule has 2 aliphatic heterocycles. The van der Waals surface area contributed by atoms with Gasteiger partial charge >= 0.3 is 6.09 Å². The molecule has 3 fully saturated rings. The standard InChI is InChI=1S/C18H26N4O2/c1-11-12(2)20-15(13(3)19-11)8-21-9-16-17(10-21)24-18(23)22(16)14-6-4-5-7-14/h14,16-17H,4-10H2,1-3H3/t16-,17+/m1/s1. The summed E-state index contributed by atoms with van der Waals surface area (Å²) in [6.07, 6.45) is 4.62. The van der Waals surface area contributed by atoms with E-state index < -0.39 is 0 Å². The van der Waals surface area contributed by atoms with Crippen LogP contribution in [0.1, 0.15) is 48.5 Å². The van der Waals surface area contributed by atoms with Crippen LogP contribution in [-0.4, -0.2) is 57.1 Å². The van der Waals surface area contributed by atoms with Gasteiger partial charge in [-0.25, -0.2) is 4.79 Å². The number of carbonyl (C=O) groups is 1. The third-order valence-corrected chi connectivity index (χ3v) is 5.80. The van der Waals surface area contributed by atoms with Crippen LogP contribution in [0.2, 0.25) is 0 Å². The van der Waals surface area contributed by atoms with Crippen molar-refractivity contribution in [1.29, 1.82) is 0 Å². The molecule has 3 aliphatic rings. The predicted molar refractivity (Wildman–Crippen MR) is 89.7 cm³/mol. The molecule has 4 rings (SSSR count). The Labute approximate surface area is 143 Å². The number of hydrogen-bond acceptors (Lipinski definition) is 5. The van der Waals surface area contributed by atoms with Crippen LogP contribution in [-0.2, 0) is 11.3 Å². The molecular weight excluding hydrogens is 304 g/mol. The molecular formula is C18H26N4O2. The normalized spacial score (nSPS) is 27.8. The van der Waals surface area contributed by atoms with Crippen LogP contribution in [0.4, 0.5) is 4.79 Å². The average molecular weight is 330 g/mol. The Morgan fingerprint density at radius 2 is 1.75 bits per heavy atom. The van der Waals surface area contributed by atoms with Crippen LogP contribution in [0.15, 0.2) is 0 Å². The average Bonchev–Trinajstić information content (AvgIpc) is 3.21. The topological polar surface area (TPSA) is 58.6 Å². The molecule has 1 saturated carbocycles. The van der Waals surface area contributed by atoms with Gasteiger partial charge in [0.1, 0.15) is 6.10 Å². The number of ether oxygens (including phenoxy) is 1. The van der Waals surface area contributed by atoms with Gasteiger partial charge in [-0.2, -0.15) is 0 Å². The largest absolute Gasteiger partial charge is 0.442 e. The molecule has 1 aliphatic carbocycles. The molecule has 0 radical (unpaired) electrons. The van der Waals surface area contributed by atoms with Gasteiger partial charge in [-0.1, -0.05) is 12.8 Å². The van der Waals surface area contributed by atoms with Crippen LogP contribution in [0, 0.1) is 20.8 Å². The van der Waals surface area contributed by atoms with E-state index >= 15 is 0 Å². The summed E-state index contributed by atoms with van der Waals surface area (Å²) in [5, 5.41) is 0. The summed E-state index contributed by atoms with van der Waals surface area (Å²) >= 11 is 0. The number of nitrogens with zero attached hydrogens (tertiary/aromatic N) is 4. The van der Waals surface area contributed by atoms with E-state index in [9.17, 15) is 4.79 Å². The lowest BCUT2D eigenvalue weighted by molar-refractivity contribution is 0.113. The summed E-state index contributed by atoms with van der Waals surface area (Å²) in [4.78, 5) is 25.9. The molecule has 0 bridgehead atoms. The van der Waals surface area contributed by atoms with E-state index in [1.165, 1.54) is 12.8 Å². The van der Waals surface area contributed by atoms with Crippen LogP contribution in [0.5, 0.6) is 0 Å². The number of hydrogen-bond donors (Lipinski definition) is 0. The molecule has 1 aromatic rings. The number of aromatic nitrogens is 2. The smallest absolute Gasteiger partial charge is 0.410 e. The van der Waals surface area contributed by atoms with E-state index in [1.807, 2.05) is 25.7 Å². The lowest BCUT2D eigenvalue weighted by Crippen LogP contribution is -2.43. The Bertz CT molecular complexity index is 657. The fourth-order valence-electron chi connectivity index (χ4n) is 4.40. The first-order valence-electron chi connectivity index (χ1n) is 9.05. The van der Waals surface area contributed by atoms with E-state index in [1.54, 1.807) is 0 Å². The molecule has 2 atom stereocenters. The van der Waals surface area contributed by atoms with Gasteiger partial charge < -0.3 is 4.74 Å². The minimum atomic E-state index is -0.0984. The Hall–Kier alpha value is -1.69. The number of carbonyl (C=O) groups excluding carboxylic acids is 1. The molecule has 2 saturated heterocycles. The summed E-state index contributed by atoms with van der Waals surface area (Å²) in [6.45, 7) is 8.49. The molecule has 6 nitrogen and oxygen atoms in total. The molecule has 0 spiro atoms. The minimum Gasteiger partial charge on any atom is -0.442 e. The molecule has 0 N–H and O–H groups in total. The van der Waals surface area contributed by atoms with Crippen molar-refractivity contribution in [3.8, 4) is 0 Å². The number of likely N-dealkylation sites (tertiary alicyclic amines) is 1. The van der Waals surface area contributed by atoms with E-state index in [0.29, 0.717) is 6.04 Å². The number of aryl methyl sites for hydroxylation is 3. The minimum absolute atomic E-state index is 0.0120. The molecule has 0 unspecified atom stereocenters. The highest BCUT2D eigenvalue weighted by molar-refractivity contribution is 5.71. The second-order valence-electron chi connectivity index (χ2n) is 7.46. The van der Waals surface area contributed by atoms with Crippen molar-refractivity contribution in [2.45, 2.75) is 71.2 Å². The summed E-state index contributed by atoms with van der Waals surface area (Å²) in [6, 6.07) is 0.594. The second kappa shape index (κ2) is 5.99.